The Kier molecular flexibility index (Phi) is 2.33. The van der Waals surface area contributed by atoms with Gasteiger partial charge in [-0.2, -0.15) is 0 Å². The van der Waals surface area contributed by atoms with Crippen LogP contribution in [0.5, 0.6) is 0 Å². The third-order valence-corrected chi connectivity index (χ3v) is 5.14. The molecule has 0 radical (unpaired) electrons. The van der Waals surface area contributed by atoms with Crippen LogP contribution >= 0.6 is 0 Å². The molecule has 2 spiro atoms. The normalized spacial score (nSPS) is 27.8. The lowest BCUT2D eigenvalue weighted by Crippen LogP contribution is -2.40. The Labute approximate surface area is 108 Å². The summed E-state index contributed by atoms with van der Waals surface area (Å²) in [5.41, 5.74) is 3.65. The standard InChI is InChI=1S/C16H20O2/c1-2-4-14-12-15(11-13(14)3-1)5-7-16(8-6-15)17-9-10-18-16/h1-4H,5-12H2. The minimum Gasteiger partial charge on any atom is -0.348 e. The van der Waals surface area contributed by atoms with Gasteiger partial charge in [-0.3, -0.25) is 0 Å². The van der Waals surface area contributed by atoms with E-state index in [4.69, 9.17) is 9.47 Å². The Morgan fingerprint density at radius 3 is 1.89 bits per heavy atom. The lowest BCUT2D eigenvalue weighted by molar-refractivity contribution is -0.191. The molecular weight excluding hydrogens is 224 g/mol. The van der Waals surface area contributed by atoms with Gasteiger partial charge in [0.15, 0.2) is 5.79 Å². The predicted molar refractivity (Wildman–Crippen MR) is 69.4 cm³/mol. The second-order valence-corrected chi connectivity index (χ2v) is 6.23. The van der Waals surface area contributed by atoms with Crippen molar-refractivity contribution in [1.29, 1.82) is 0 Å². The predicted octanol–water partition coefficient (Wildman–Crippen LogP) is 3.09. The van der Waals surface area contributed by atoms with E-state index in [1.54, 1.807) is 11.1 Å². The molecule has 1 saturated carbocycles. The number of hydrogen-bond acceptors (Lipinski definition) is 2. The van der Waals surface area contributed by atoms with Crippen molar-refractivity contribution in [2.45, 2.75) is 44.3 Å². The molecule has 0 bridgehead atoms. The molecule has 3 aliphatic rings. The van der Waals surface area contributed by atoms with Gasteiger partial charge in [-0.1, -0.05) is 24.3 Å². The zero-order chi connectivity index (χ0) is 12.1. The van der Waals surface area contributed by atoms with E-state index < -0.39 is 0 Å². The van der Waals surface area contributed by atoms with Gasteiger partial charge in [-0.25, -0.2) is 0 Å². The summed E-state index contributed by atoms with van der Waals surface area (Å²) < 4.78 is 11.7. The molecule has 2 aliphatic carbocycles. The molecule has 0 amide bonds. The van der Waals surface area contributed by atoms with E-state index in [9.17, 15) is 0 Å². The van der Waals surface area contributed by atoms with Gasteiger partial charge in [0.05, 0.1) is 13.2 Å². The molecule has 1 aliphatic heterocycles. The number of hydrogen-bond donors (Lipinski definition) is 0. The molecule has 0 N–H and O–H groups in total. The van der Waals surface area contributed by atoms with Crippen molar-refractivity contribution in [1.82, 2.24) is 0 Å². The van der Waals surface area contributed by atoms with Crippen LogP contribution in [-0.2, 0) is 22.3 Å². The van der Waals surface area contributed by atoms with E-state index in [-0.39, 0.29) is 5.79 Å². The van der Waals surface area contributed by atoms with E-state index in [2.05, 4.69) is 24.3 Å². The van der Waals surface area contributed by atoms with E-state index in [1.807, 2.05) is 0 Å². The monoisotopic (exact) mass is 244 g/mol. The van der Waals surface area contributed by atoms with Gasteiger partial charge in [-0.15, -0.1) is 0 Å². The van der Waals surface area contributed by atoms with Crippen LogP contribution < -0.4 is 0 Å². The van der Waals surface area contributed by atoms with Crippen LogP contribution in [-0.4, -0.2) is 19.0 Å². The molecular formula is C16H20O2. The van der Waals surface area contributed by atoms with Crippen LogP contribution in [0.2, 0.25) is 0 Å². The number of benzene rings is 1. The van der Waals surface area contributed by atoms with E-state index in [1.165, 1.54) is 25.7 Å². The van der Waals surface area contributed by atoms with Crippen molar-refractivity contribution in [2.24, 2.45) is 5.41 Å². The minimum atomic E-state index is -0.208. The van der Waals surface area contributed by atoms with Gasteiger partial charge >= 0.3 is 0 Å². The van der Waals surface area contributed by atoms with Crippen molar-refractivity contribution in [3.63, 3.8) is 0 Å². The van der Waals surface area contributed by atoms with Crippen molar-refractivity contribution in [3.8, 4) is 0 Å². The Morgan fingerprint density at radius 1 is 0.778 bits per heavy atom. The Hall–Kier alpha value is -0.860. The summed E-state index contributed by atoms with van der Waals surface area (Å²) in [6.07, 6.45) is 7.20. The first kappa shape index (κ1) is 11.0. The molecule has 18 heavy (non-hydrogen) atoms. The topological polar surface area (TPSA) is 18.5 Å². The zero-order valence-electron chi connectivity index (χ0n) is 10.8. The van der Waals surface area contributed by atoms with E-state index in [0.717, 1.165) is 26.1 Å². The molecule has 0 aromatic heterocycles. The molecule has 2 nitrogen and oxygen atoms in total. The molecule has 4 rings (SSSR count). The molecule has 2 heteroatoms. The van der Waals surface area contributed by atoms with E-state index >= 15 is 0 Å². The molecule has 0 atom stereocenters. The van der Waals surface area contributed by atoms with Crippen LogP contribution in [0.4, 0.5) is 0 Å². The summed E-state index contributed by atoms with van der Waals surface area (Å²) in [6.45, 7) is 1.57. The van der Waals surface area contributed by atoms with Crippen LogP contribution in [0.15, 0.2) is 24.3 Å². The first-order chi connectivity index (χ1) is 8.79. The van der Waals surface area contributed by atoms with Crippen LogP contribution in [0, 0.1) is 5.41 Å². The van der Waals surface area contributed by atoms with Gasteiger partial charge in [-0.05, 0) is 42.2 Å². The van der Waals surface area contributed by atoms with Gasteiger partial charge in [0.25, 0.3) is 0 Å². The molecule has 2 fully saturated rings. The van der Waals surface area contributed by atoms with Crippen LogP contribution in [0.25, 0.3) is 0 Å². The summed E-state index contributed by atoms with van der Waals surface area (Å²) in [6, 6.07) is 8.95. The maximum absolute atomic E-state index is 5.84. The Morgan fingerprint density at radius 2 is 1.33 bits per heavy atom. The number of fused-ring (bicyclic) bond motifs is 1. The van der Waals surface area contributed by atoms with Crippen LogP contribution in [0.1, 0.15) is 36.8 Å². The van der Waals surface area contributed by atoms with Crippen molar-refractivity contribution >= 4 is 0 Å². The fourth-order valence-corrected chi connectivity index (χ4v) is 4.07. The summed E-state index contributed by atoms with van der Waals surface area (Å²) in [5.74, 6) is -0.208. The summed E-state index contributed by atoms with van der Waals surface area (Å²) in [5, 5.41) is 0. The molecule has 1 saturated heterocycles. The van der Waals surface area contributed by atoms with Crippen molar-refractivity contribution in [2.75, 3.05) is 13.2 Å². The third-order valence-electron chi connectivity index (χ3n) is 5.14. The lowest BCUT2D eigenvalue weighted by Gasteiger charge is -2.41. The quantitative estimate of drug-likeness (QED) is 0.698. The fourth-order valence-electron chi connectivity index (χ4n) is 4.07. The molecule has 1 heterocycles. The maximum Gasteiger partial charge on any atom is 0.168 e. The fraction of sp³-hybridized carbons (Fsp3) is 0.625. The van der Waals surface area contributed by atoms with E-state index in [0.29, 0.717) is 5.41 Å². The lowest BCUT2D eigenvalue weighted by atomic mass is 9.70. The maximum atomic E-state index is 5.84. The summed E-state index contributed by atoms with van der Waals surface area (Å²) in [7, 11) is 0. The van der Waals surface area contributed by atoms with Gasteiger partial charge < -0.3 is 9.47 Å². The van der Waals surface area contributed by atoms with Gasteiger partial charge in [0, 0.05) is 12.8 Å². The minimum absolute atomic E-state index is 0.208. The van der Waals surface area contributed by atoms with Gasteiger partial charge in [0.2, 0.25) is 0 Å². The Balaban J connectivity index is 1.52. The highest BCUT2D eigenvalue weighted by molar-refractivity contribution is 5.34. The highest BCUT2D eigenvalue weighted by Gasteiger charge is 2.48. The third kappa shape index (κ3) is 1.63. The van der Waals surface area contributed by atoms with Gasteiger partial charge in [0.1, 0.15) is 0 Å². The smallest absolute Gasteiger partial charge is 0.168 e. The molecule has 0 unspecified atom stereocenters. The second kappa shape index (κ2) is 3.82. The summed E-state index contributed by atoms with van der Waals surface area (Å²) in [4.78, 5) is 0. The molecule has 96 valence electrons. The number of ether oxygens (including phenoxy) is 2. The largest absolute Gasteiger partial charge is 0.348 e. The first-order valence-corrected chi connectivity index (χ1v) is 7.14. The average molecular weight is 244 g/mol. The van der Waals surface area contributed by atoms with Crippen molar-refractivity contribution < 1.29 is 9.47 Å². The molecule has 1 aromatic rings. The Bertz CT molecular complexity index is 423. The average Bonchev–Trinajstić information content (AvgIpc) is 2.99. The SMILES string of the molecule is c1ccc2c(c1)CC1(CCC3(CC1)OCCO3)C2. The first-order valence-electron chi connectivity index (χ1n) is 7.14. The highest BCUT2D eigenvalue weighted by Crippen LogP contribution is 2.51. The second-order valence-electron chi connectivity index (χ2n) is 6.23. The zero-order valence-corrected chi connectivity index (χ0v) is 10.8. The number of rotatable bonds is 0. The summed E-state index contributed by atoms with van der Waals surface area (Å²) >= 11 is 0. The highest BCUT2D eigenvalue weighted by atomic mass is 16.7. The van der Waals surface area contributed by atoms with Crippen LogP contribution in [0.3, 0.4) is 0 Å². The molecule has 1 aromatic carbocycles. The van der Waals surface area contributed by atoms with Crippen molar-refractivity contribution in [3.05, 3.63) is 35.4 Å².